The van der Waals surface area contributed by atoms with Gasteiger partial charge in [0, 0.05) is 30.4 Å². The van der Waals surface area contributed by atoms with Crippen molar-refractivity contribution in [3.05, 3.63) is 47.1 Å². The monoisotopic (exact) mass is 278 g/mol. The van der Waals surface area contributed by atoms with Crippen LogP contribution in [0.5, 0.6) is 0 Å². The summed E-state index contributed by atoms with van der Waals surface area (Å²) in [7, 11) is 1.78. The quantitative estimate of drug-likeness (QED) is 0.783. The summed E-state index contributed by atoms with van der Waals surface area (Å²) in [6, 6.07) is 8.96. The molecule has 1 heterocycles. The van der Waals surface area contributed by atoms with Gasteiger partial charge in [0.15, 0.2) is 0 Å². The maximum absolute atomic E-state index is 10.1. The van der Waals surface area contributed by atoms with Crippen molar-refractivity contribution < 1.29 is 5.11 Å². The zero-order valence-electron chi connectivity index (χ0n) is 10.5. The van der Waals surface area contributed by atoms with Gasteiger partial charge >= 0.3 is 0 Å². The van der Waals surface area contributed by atoms with E-state index in [1.807, 2.05) is 12.1 Å². The molecule has 0 spiro atoms. The standard InChI is InChI=1S/C13H15ClN4O/c1-15-12-6-7-16-13(18-12)17-8-11(19)9-4-2-3-5-10(9)14/h2-7,11,19H,8H2,1H3,(H2,15,16,17,18). The van der Waals surface area contributed by atoms with Crippen LogP contribution in [0.2, 0.25) is 5.02 Å². The number of nitrogens with one attached hydrogen (secondary N) is 2. The summed E-state index contributed by atoms with van der Waals surface area (Å²) in [5.41, 5.74) is 0.682. The SMILES string of the molecule is CNc1ccnc(NCC(O)c2ccccc2Cl)n1. The van der Waals surface area contributed by atoms with Crippen molar-refractivity contribution in [1.82, 2.24) is 9.97 Å². The number of nitrogens with zero attached hydrogens (tertiary/aromatic N) is 2. The lowest BCUT2D eigenvalue weighted by molar-refractivity contribution is 0.191. The fourth-order valence-electron chi connectivity index (χ4n) is 1.63. The molecular weight excluding hydrogens is 264 g/mol. The second kappa shape index (κ2) is 6.36. The maximum atomic E-state index is 10.1. The Morgan fingerprint density at radius 3 is 2.84 bits per heavy atom. The number of rotatable bonds is 5. The van der Waals surface area contributed by atoms with Crippen LogP contribution in [0.25, 0.3) is 0 Å². The molecule has 0 radical (unpaired) electrons. The van der Waals surface area contributed by atoms with Gasteiger partial charge < -0.3 is 15.7 Å². The molecule has 2 aromatic rings. The first-order valence-corrected chi connectivity index (χ1v) is 6.25. The second-order valence-electron chi connectivity index (χ2n) is 3.93. The molecule has 0 aliphatic rings. The Balaban J connectivity index is 2.00. The Morgan fingerprint density at radius 1 is 1.32 bits per heavy atom. The van der Waals surface area contributed by atoms with Crippen LogP contribution in [0.3, 0.4) is 0 Å². The Bertz CT molecular complexity index is 550. The summed E-state index contributed by atoms with van der Waals surface area (Å²) >= 11 is 6.02. The lowest BCUT2D eigenvalue weighted by atomic mass is 10.1. The van der Waals surface area contributed by atoms with Crippen LogP contribution in [0.4, 0.5) is 11.8 Å². The van der Waals surface area contributed by atoms with Crippen LogP contribution in [0, 0.1) is 0 Å². The summed E-state index contributed by atoms with van der Waals surface area (Å²) in [5, 5.41) is 16.5. The number of hydrogen-bond donors (Lipinski definition) is 3. The highest BCUT2D eigenvalue weighted by Crippen LogP contribution is 2.22. The molecule has 1 aromatic carbocycles. The highest BCUT2D eigenvalue weighted by molar-refractivity contribution is 6.31. The van der Waals surface area contributed by atoms with Gasteiger partial charge in [0.1, 0.15) is 5.82 Å². The largest absolute Gasteiger partial charge is 0.387 e. The third kappa shape index (κ3) is 3.56. The molecule has 1 atom stereocenters. The van der Waals surface area contributed by atoms with E-state index in [4.69, 9.17) is 11.6 Å². The number of hydrogen-bond acceptors (Lipinski definition) is 5. The van der Waals surface area contributed by atoms with Crippen molar-refractivity contribution in [2.24, 2.45) is 0 Å². The molecule has 0 aliphatic heterocycles. The molecule has 1 unspecified atom stereocenters. The Morgan fingerprint density at radius 2 is 2.11 bits per heavy atom. The summed E-state index contributed by atoms with van der Waals surface area (Å²) in [5.74, 6) is 1.17. The molecule has 2 rings (SSSR count). The van der Waals surface area contributed by atoms with Crippen LogP contribution < -0.4 is 10.6 Å². The van der Waals surface area contributed by atoms with Crippen LogP contribution in [0.1, 0.15) is 11.7 Å². The average molecular weight is 279 g/mol. The minimum atomic E-state index is -0.712. The molecule has 0 fully saturated rings. The van der Waals surface area contributed by atoms with Crippen LogP contribution in [0.15, 0.2) is 36.5 Å². The predicted molar refractivity (Wildman–Crippen MR) is 76.5 cm³/mol. The first kappa shape index (κ1) is 13.6. The van der Waals surface area contributed by atoms with E-state index in [0.717, 1.165) is 0 Å². The number of anilines is 2. The highest BCUT2D eigenvalue weighted by Gasteiger charge is 2.11. The van der Waals surface area contributed by atoms with E-state index >= 15 is 0 Å². The molecule has 19 heavy (non-hydrogen) atoms. The lowest BCUT2D eigenvalue weighted by Gasteiger charge is -2.13. The van der Waals surface area contributed by atoms with Gasteiger partial charge in [0.25, 0.3) is 0 Å². The zero-order valence-corrected chi connectivity index (χ0v) is 11.2. The average Bonchev–Trinajstić information content (AvgIpc) is 2.45. The van der Waals surface area contributed by atoms with Gasteiger partial charge in [-0.2, -0.15) is 4.98 Å². The van der Waals surface area contributed by atoms with Crippen LogP contribution >= 0.6 is 11.6 Å². The summed E-state index contributed by atoms with van der Waals surface area (Å²) in [6.45, 7) is 0.289. The fourth-order valence-corrected chi connectivity index (χ4v) is 1.89. The summed E-state index contributed by atoms with van der Waals surface area (Å²) < 4.78 is 0. The molecule has 0 aliphatic carbocycles. The van der Waals surface area contributed by atoms with E-state index in [2.05, 4.69) is 20.6 Å². The van der Waals surface area contributed by atoms with Crippen molar-refractivity contribution in [2.45, 2.75) is 6.10 Å². The van der Waals surface area contributed by atoms with Crippen molar-refractivity contribution >= 4 is 23.4 Å². The number of aliphatic hydroxyl groups excluding tert-OH is 1. The van der Waals surface area contributed by atoms with Gasteiger partial charge in [-0.25, -0.2) is 4.98 Å². The Kier molecular flexibility index (Phi) is 4.54. The second-order valence-corrected chi connectivity index (χ2v) is 4.34. The molecule has 0 saturated heterocycles. The van der Waals surface area contributed by atoms with Gasteiger partial charge in [-0.3, -0.25) is 0 Å². The molecule has 0 saturated carbocycles. The van der Waals surface area contributed by atoms with Gasteiger partial charge in [-0.1, -0.05) is 29.8 Å². The zero-order chi connectivity index (χ0) is 13.7. The lowest BCUT2D eigenvalue weighted by Crippen LogP contribution is -2.14. The van der Waals surface area contributed by atoms with E-state index in [1.54, 1.807) is 31.4 Å². The van der Waals surface area contributed by atoms with E-state index in [9.17, 15) is 5.11 Å². The van der Waals surface area contributed by atoms with Gasteiger partial charge in [-0.15, -0.1) is 0 Å². The minimum absolute atomic E-state index is 0.289. The number of aliphatic hydroxyl groups is 1. The Hall–Kier alpha value is -1.85. The molecule has 5 nitrogen and oxygen atoms in total. The molecule has 0 bridgehead atoms. The third-order valence-electron chi connectivity index (χ3n) is 2.63. The van der Waals surface area contributed by atoms with Crippen molar-refractivity contribution in [3.8, 4) is 0 Å². The van der Waals surface area contributed by atoms with Crippen molar-refractivity contribution in [2.75, 3.05) is 24.2 Å². The Labute approximate surface area is 116 Å². The highest BCUT2D eigenvalue weighted by atomic mass is 35.5. The van der Waals surface area contributed by atoms with Crippen LogP contribution in [-0.2, 0) is 0 Å². The fraction of sp³-hybridized carbons (Fsp3) is 0.231. The third-order valence-corrected chi connectivity index (χ3v) is 2.97. The van der Waals surface area contributed by atoms with Gasteiger partial charge in [0.2, 0.25) is 5.95 Å². The van der Waals surface area contributed by atoms with E-state index in [-0.39, 0.29) is 6.54 Å². The van der Waals surface area contributed by atoms with Crippen molar-refractivity contribution in [3.63, 3.8) is 0 Å². The minimum Gasteiger partial charge on any atom is -0.387 e. The molecule has 6 heteroatoms. The molecule has 3 N–H and O–H groups in total. The molecule has 100 valence electrons. The predicted octanol–water partition coefficient (Wildman–Crippen LogP) is 2.32. The van der Waals surface area contributed by atoms with Gasteiger partial charge in [-0.05, 0) is 12.1 Å². The molecular formula is C13H15ClN4O. The van der Waals surface area contributed by atoms with E-state index < -0.39 is 6.10 Å². The molecule has 1 aromatic heterocycles. The van der Waals surface area contributed by atoms with E-state index in [1.165, 1.54) is 0 Å². The smallest absolute Gasteiger partial charge is 0.224 e. The summed E-state index contributed by atoms with van der Waals surface area (Å²) in [4.78, 5) is 8.27. The van der Waals surface area contributed by atoms with E-state index in [0.29, 0.717) is 22.4 Å². The number of aromatic nitrogens is 2. The first-order valence-electron chi connectivity index (χ1n) is 5.88. The van der Waals surface area contributed by atoms with Crippen molar-refractivity contribution in [1.29, 1.82) is 0 Å². The van der Waals surface area contributed by atoms with Crippen LogP contribution in [-0.4, -0.2) is 28.7 Å². The summed E-state index contributed by atoms with van der Waals surface area (Å²) in [6.07, 6.45) is 0.929. The molecule has 0 amide bonds. The first-order chi connectivity index (χ1) is 9.20. The van der Waals surface area contributed by atoms with Gasteiger partial charge in [0.05, 0.1) is 6.10 Å². The normalized spacial score (nSPS) is 11.9. The topological polar surface area (TPSA) is 70.1 Å². The number of halogens is 1. The maximum Gasteiger partial charge on any atom is 0.224 e. The number of benzene rings is 1.